The molecule has 31 heavy (non-hydrogen) atoms. The molecule has 5 rings (SSSR count). The molecule has 2 aliphatic heterocycles. The van der Waals surface area contributed by atoms with Crippen LogP contribution in [0.25, 0.3) is 0 Å². The molecule has 0 radical (unpaired) electrons. The van der Waals surface area contributed by atoms with Gasteiger partial charge in [0.25, 0.3) is 0 Å². The highest BCUT2D eigenvalue weighted by atomic mass is 32.2. The second-order valence-corrected chi connectivity index (χ2v) is 9.36. The molecule has 3 aromatic carbocycles. The van der Waals surface area contributed by atoms with Gasteiger partial charge >= 0.3 is 0 Å². The second kappa shape index (κ2) is 8.36. The number of hydrogen-bond donors (Lipinski definition) is 2. The van der Waals surface area contributed by atoms with Gasteiger partial charge in [-0.1, -0.05) is 24.3 Å². The molecular formula is C25H26N2O3S. The van der Waals surface area contributed by atoms with Crippen LogP contribution in [-0.4, -0.2) is 48.3 Å². The number of nitrogens with zero attached hydrogens (tertiary/aromatic N) is 2. The van der Waals surface area contributed by atoms with Gasteiger partial charge in [-0.15, -0.1) is 11.8 Å². The summed E-state index contributed by atoms with van der Waals surface area (Å²) in [4.78, 5) is 5.70. The number of anilines is 1. The molecule has 1 saturated heterocycles. The second-order valence-electron chi connectivity index (χ2n) is 8.18. The Morgan fingerprint density at radius 2 is 1.45 bits per heavy atom. The Balaban J connectivity index is 1.46. The van der Waals surface area contributed by atoms with Crippen LogP contribution in [0.4, 0.5) is 5.69 Å². The summed E-state index contributed by atoms with van der Waals surface area (Å²) in [6.07, 6.45) is -0.173. The van der Waals surface area contributed by atoms with Gasteiger partial charge in [0.2, 0.25) is 0 Å². The van der Waals surface area contributed by atoms with Crippen LogP contribution in [0, 0.1) is 0 Å². The number of hydrogen-bond acceptors (Lipinski definition) is 6. The van der Waals surface area contributed by atoms with Crippen LogP contribution in [0.2, 0.25) is 0 Å². The molecule has 0 aliphatic carbocycles. The normalized spacial score (nSPS) is 21.4. The van der Waals surface area contributed by atoms with E-state index in [1.807, 2.05) is 18.2 Å². The average Bonchev–Trinajstić information content (AvgIpc) is 2.79. The van der Waals surface area contributed by atoms with Gasteiger partial charge in [0.05, 0.1) is 10.1 Å². The van der Waals surface area contributed by atoms with Crippen LogP contribution in [0.15, 0.2) is 71.6 Å². The van der Waals surface area contributed by atoms with Gasteiger partial charge in [-0.2, -0.15) is 0 Å². The Morgan fingerprint density at radius 1 is 0.806 bits per heavy atom. The molecule has 3 aromatic rings. The van der Waals surface area contributed by atoms with Crippen LogP contribution in [0.1, 0.15) is 22.5 Å². The topological polar surface area (TPSA) is 56.2 Å². The Kier molecular flexibility index (Phi) is 5.42. The van der Waals surface area contributed by atoms with Gasteiger partial charge in [0, 0.05) is 31.9 Å². The summed E-state index contributed by atoms with van der Waals surface area (Å²) in [5, 5.41) is 19.7. The summed E-state index contributed by atoms with van der Waals surface area (Å²) in [6, 6.07) is 21.2. The van der Waals surface area contributed by atoms with E-state index in [9.17, 15) is 10.2 Å². The fraction of sp³-hybridized carbons (Fsp3) is 0.280. The first-order valence-corrected chi connectivity index (χ1v) is 11.4. The number of piperazine rings is 1. The third-order valence-electron chi connectivity index (χ3n) is 6.02. The molecule has 0 bridgehead atoms. The average molecular weight is 435 g/mol. The molecule has 6 heteroatoms. The van der Waals surface area contributed by atoms with E-state index < -0.39 is 0 Å². The van der Waals surface area contributed by atoms with Crippen molar-refractivity contribution < 1.29 is 14.9 Å². The lowest BCUT2D eigenvalue weighted by atomic mass is 9.99. The van der Waals surface area contributed by atoms with E-state index in [-0.39, 0.29) is 22.9 Å². The fourth-order valence-electron chi connectivity index (χ4n) is 4.17. The van der Waals surface area contributed by atoms with Gasteiger partial charge in [-0.3, -0.25) is 0 Å². The molecule has 2 aliphatic rings. The van der Waals surface area contributed by atoms with E-state index in [0.717, 1.165) is 48.0 Å². The quantitative estimate of drug-likeness (QED) is 0.617. The first-order valence-electron chi connectivity index (χ1n) is 10.6. The monoisotopic (exact) mass is 434 g/mol. The summed E-state index contributed by atoms with van der Waals surface area (Å²) in [7, 11) is 2.17. The molecule has 0 aromatic heterocycles. The number of ether oxygens (including phenoxy) is 1. The van der Waals surface area contributed by atoms with Crippen molar-refractivity contribution in [3.63, 3.8) is 0 Å². The molecule has 1 fully saturated rings. The minimum absolute atomic E-state index is 0.00406. The highest BCUT2D eigenvalue weighted by Crippen LogP contribution is 2.54. The van der Waals surface area contributed by atoms with E-state index >= 15 is 0 Å². The lowest BCUT2D eigenvalue weighted by Gasteiger charge is -2.35. The summed E-state index contributed by atoms with van der Waals surface area (Å²) in [5.74, 6) is 1.26. The third kappa shape index (κ3) is 4.18. The number of benzene rings is 3. The smallest absolute Gasteiger partial charge is 0.140 e. The maximum absolute atomic E-state index is 9.93. The summed E-state index contributed by atoms with van der Waals surface area (Å²) in [5.41, 5.74) is 3.43. The molecule has 2 unspecified atom stereocenters. The van der Waals surface area contributed by atoms with Crippen molar-refractivity contribution in [2.24, 2.45) is 0 Å². The molecule has 0 amide bonds. The van der Waals surface area contributed by atoms with Crippen molar-refractivity contribution in [1.29, 1.82) is 0 Å². The molecule has 160 valence electrons. The molecule has 0 saturated carbocycles. The SMILES string of the molecule is CN1CCN(c2ccc(C3Oc4ccc(O)cc4SC3c3ccc(O)cc3)cc2)CC1. The van der Waals surface area contributed by atoms with Gasteiger partial charge in [-0.25, -0.2) is 0 Å². The first-order chi connectivity index (χ1) is 15.1. The standard InChI is InChI=1S/C25H26N2O3S/c1-26-12-14-27(15-13-26)19-6-2-17(3-7-19)24-25(18-4-8-20(28)9-5-18)31-23-16-21(29)10-11-22(23)30-24/h2-11,16,24-25,28-29H,12-15H2,1H3. The van der Waals surface area contributed by atoms with Crippen LogP contribution < -0.4 is 9.64 Å². The zero-order valence-corrected chi connectivity index (χ0v) is 18.3. The van der Waals surface area contributed by atoms with Gasteiger partial charge in [-0.05, 0) is 60.6 Å². The lowest BCUT2D eigenvalue weighted by molar-refractivity contribution is 0.190. The van der Waals surface area contributed by atoms with Crippen molar-refractivity contribution in [1.82, 2.24) is 4.90 Å². The molecule has 2 heterocycles. The minimum Gasteiger partial charge on any atom is -0.508 e. The molecular weight excluding hydrogens is 408 g/mol. The van der Waals surface area contributed by atoms with E-state index in [1.54, 1.807) is 36.0 Å². The molecule has 5 nitrogen and oxygen atoms in total. The van der Waals surface area contributed by atoms with Gasteiger partial charge in [0.15, 0.2) is 0 Å². The Morgan fingerprint density at radius 3 is 2.16 bits per heavy atom. The third-order valence-corrected chi connectivity index (χ3v) is 7.37. The van der Waals surface area contributed by atoms with Gasteiger partial charge < -0.3 is 24.7 Å². The number of likely N-dealkylation sites (N-methyl/N-ethyl adjacent to an activating group) is 1. The number of rotatable bonds is 3. The van der Waals surface area contributed by atoms with E-state index in [1.165, 1.54) is 5.69 Å². The molecule has 2 N–H and O–H groups in total. The molecule has 0 spiro atoms. The number of fused-ring (bicyclic) bond motifs is 1. The predicted octanol–water partition coefficient (Wildman–Crippen LogP) is 4.82. The summed E-state index contributed by atoms with van der Waals surface area (Å²) >= 11 is 1.68. The highest BCUT2D eigenvalue weighted by molar-refractivity contribution is 7.99. The number of thioether (sulfide) groups is 1. The summed E-state index contributed by atoms with van der Waals surface area (Å²) < 4.78 is 6.45. The maximum Gasteiger partial charge on any atom is 0.140 e. The maximum atomic E-state index is 9.93. The van der Waals surface area contributed by atoms with E-state index in [0.29, 0.717) is 0 Å². The van der Waals surface area contributed by atoms with E-state index in [2.05, 4.69) is 41.1 Å². The summed E-state index contributed by atoms with van der Waals surface area (Å²) in [6.45, 7) is 4.24. The number of phenols is 2. The van der Waals surface area contributed by atoms with Gasteiger partial charge in [0.1, 0.15) is 23.4 Å². The van der Waals surface area contributed by atoms with Crippen molar-refractivity contribution in [3.8, 4) is 17.2 Å². The first kappa shape index (κ1) is 20.1. The molecule has 2 atom stereocenters. The Labute approximate surface area is 186 Å². The van der Waals surface area contributed by atoms with Crippen LogP contribution in [0.3, 0.4) is 0 Å². The fourth-order valence-corrected chi connectivity index (χ4v) is 5.50. The number of aromatic hydroxyl groups is 2. The Bertz CT molecular complexity index is 1050. The van der Waals surface area contributed by atoms with Crippen molar-refractivity contribution >= 4 is 17.4 Å². The Hall–Kier alpha value is -2.83. The lowest BCUT2D eigenvalue weighted by Crippen LogP contribution is -2.44. The van der Waals surface area contributed by atoms with Crippen molar-refractivity contribution in [2.45, 2.75) is 16.2 Å². The van der Waals surface area contributed by atoms with Crippen LogP contribution in [0.5, 0.6) is 17.2 Å². The van der Waals surface area contributed by atoms with E-state index in [4.69, 9.17) is 4.74 Å². The minimum atomic E-state index is -0.173. The number of phenolic OH excluding ortho intramolecular Hbond substituents is 2. The zero-order chi connectivity index (χ0) is 21.4. The zero-order valence-electron chi connectivity index (χ0n) is 17.4. The van der Waals surface area contributed by atoms with Crippen molar-refractivity contribution in [3.05, 3.63) is 77.9 Å². The largest absolute Gasteiger partial charge is 0.508 e. The highest BCUT2D eigenvalue weighted by Gasteiger charge is 2.33. The predicted molar refractivity (Wildman–Crippen MR) is 124 cm³/mol. The van der Waals surface area contributed by atoms with Crippen LogP contribution >= 0.6 is 11.8 Å². The van der Waals surface area contributed by atoms with Crippen LogP contribution in [-0.2, 0) is 0 Å². The van der Waals surface area contributed by atoms with Crippen molar-refractivity contribution in [2.75, 3.05) is 38.1 Å².